The van der Waals surface area contributed by atoms with Crippen LogP contribution in [0.15, 0.2) is 35.5 Å². The van der Waals surface area contributed by atoms with Gasteiger partial charge in [0.25, 0.3) is 0 Å². The van der Waals surface area contributed by atoms with Gasteiger partial charge in [-0.05, 0) is 43.9 Å². The Labute approximate surface area is 122 Å². The van der Waals surface area contributed by atoms with Crippen LogP contribution in [-0.4, -0.2) is 20.8 Å². The molecule has 20 heavy (non-hydrogen) atoms. The van der Waals surface area contributed by atoms with Gasteiger partial charge in [-0.3, -0.25) is 4.57 Å². The Morgan fingerprint density at radius 1 is 1.20 bits per heavy atom. The van der Waals surface area contributed by atoms with Gasteiger partial charge in [-0.2, -0.15) is 0 Å². The smallest absolute Gasteiger partial charge is 0.150 e. The summed E-state index contributed by atoms with van der Waals surface area (Å²) in [5.41, 5.74) is 10.2. The third-order valence-electron chi connectivity index (χ3n) is 3.63. The molecule has 2 aromatic heterocycles. The highest BCUT2D eigenvalue weighted by molar-refractivity contribution is 7.98. The lowest BCUT2D eigenvalue weighted by atomic mass is 10.2. The van der Waals surface area contributed by atoms with E-state index in [2.05, 4.69) is 58.9 Å². The summed E-state index contributed by atoms with van der Waals surface area (Å²) in [7, 11) is 0. The van der Waals surface area contributed by atoms with E-state index in [0.717, 1.165) is 28.0 Å². The molecule has 0 fully saturated rings. The van der Waals surface area contributed by atoms with E-state index in [1.54, 1.807) is 11.8 Å². The molecule has 0 saturated heterocycles. The fourth-order valence-corrected chi connectivity index (χ4v) is 2.94. The van der Waals surface area contributed by atoms with Gasteiger partial charge in [-0.25, -0.2) is 9.97 Å². The summed E-state index contributed by atoms with van der Waals surface area (Å²) in [6.45, 7) is 4.15. The Morgan fingerprint density at radius 3 is 2.75 bits per heavy atom. The van der Waals surface area contributed by atoms with E-state index < -0.39 is 0 Å². The maximum Gasteiger partial charge on any atom is 0.150 e. The van der Waals surface area contributed by atoms with E-state index in [-0.39, 0.29) is 0 Å². The lowest BCUT2D eigenvalue weighted by Gasteiger charge is -2.09. The minimum Gasteiger partial charge on any atom is -0.383 e. The first kappa shape index (κ1) is 13.0. The second-order valence-corrected chi connectivity index (χ2v) is 5.58. The zero-order valence-electron chi connectivity index (χ0n) is 11.7. The molecule has 1 aromatic carbocycles. The van der Waals surface area contributed by atoms with E-state index in [9.17, 15) is 0 Å². The fraction of sp³-hybridized carbons (Fsp3) is 0.200. The second kappa shape index (κ2) is 4.83. The van der Waals surface area contributed by atoms with Crippen molar-refractivity contribution in [2.75, 3.05) is 12.0 Å². The van der Waals surface area contributed by atoms with Gasteiger partial charge in [-0.15, -0.1) is 11.8 Å². The van der Waals surface area contributed by atoms with Crippen molar-refractivity contribution in [3.05, 3.63) is 41.9 Å². The number of aromatic nitrogens is 3. The molecule has 2 heterocycles. The highest BCUT2D eigenvalue weighted by Gasteiger charge is 2.16. The topological polar surface area (TPSA) is 56.7 Å². The number of anilines is 1. The Hall–Kier alpha value is -2.01. The van der Waals surface area contributed by atoms with E-state index in [4.69, 9.17) is 5.73 Å². The summed E-state index contributed by atoms with van der Waals surface area (Å²) in [4.78, 5) is 9.75. The molecule has 3 aromatic rings. The van der Waals surface area contributed by atoms with Crippen molar-refractivity contribution in [2.24, 2.45) is 0 Å². The van der Waals surface area contributed by atoms with Crippen LogP contribution < -0.4 is 5.73 Å². The molecule has 5 heteroatoms. The SMILES string of the molecule is CSc1cccc(-n2c(C)c(C)c3c(N)ncnc32)c1. The number of nitrogens with zero attached hydrogens (tertiary/aromatic N) is 3. The molecule has 0 amide bonds. The van der Waals surface area contributed by atoms with Gasteiger partial charge < -0.3 is 5.73 Å². The molecule has 0 radical (unpaired) electrons. The molecule has 0 aliphatic heterocycles. The lowest BCUT2D eigenvalue weighted by molar-refractivity contribution is 1.01. The van der Waals surface area contributed by atoms with Crippen LogP contribution in [0.2, 0.25) is 0 Å². The van der Waals surface area contributed by atoms with Crippen molar-refractivity contribution in [2.45, 2.75) is 18.7 Å². The number of aryl methyl sites for hydroxylation is 1. The minimum atomic E-state index is 0.537. The summed E-state index contributed by atoms with van der Waals surface area (Å²) in [6, 6.07) is 8.41. The number of thioether (sulfide) groups is 1. The van der Waals surface area contributed by atoms with E-state index in [0.29, 0.717) is 5.82 Å². The molecule has 0 aliphatic rings. The van der Waals surface area contributed by atoms with Gasteiger partial charge in [0.1, 0.15) is 12.1 Å². The number of hydrogen-bond acceptors (Lipinski definition) is 4. The maximum absolute atomic E-state index is 6.00. The molecule has 102 valence electrons. The molecule has 0 bridgehead atoms. The summed E-state index contributed by atoms with van der Waals surface area (Å²) in [5.74, 6) is 0.537. The second-order valence-electron chi connectivity index (χ2n) is 4.70. The Kier molecular flexibility index (Phi) is 3.14. The van der Waals surface area contributed by atoms with Gasteiger partial charge in [-0.1, -0.05) is 6.07 Å². The van der Waals surface area contributed by atoms with Crippen LogP contribution in [0, 0.1) is 13.8 Å². The summed E-state index contributed by atoms with van der Waals surface area (Å²) in [5, 5.41) is 0.944. The fourth-order valence-electron chi connectivity index (χ4n) is 2.49. The van der Waals surface area contributed by atoms with Crippen LogP contribution in [0.3, 0.4) is 0 Å². The molecular formula is C15H16N4S. The van der Waals surface area contributed by atoms with Gasteiger partial charge in [0.05, 0.1) is 5.39 Å². The first-order valence-electron chi connectivity index (χ1n) is 6.36. The number of nitrogen functional groups attached to an aromatic ring is 1. The first-order chi connectivity index (χ1) is 9.63. The lowest BCUT2D eigenvalue weighted by Crippen LogP contribution is -1.99. The van der Waals surface area contributed by atoms with Crippen LogP contribution in [0.25, 0.3) is 16.7 Å². The zero-order chi connectivity index (χ0) is 14.3. The average Bonchev–Trinajstić information content (AvgIpc) is 2.72. The summed E-state index contributed by atoms with van der Waals surface area (Å²) in [6.07, 6.45) is 3.59. The van der Waals surface area contributed by atoms with Gasteiger partial charge >= 0.3 is 0 Å². The quantitative estimate of drug-likeness (QED) is 0.733. The third kappa shape index (κ3) is 1.86. The number of benzene rings is 1. The minimum absolute atomic E-state index is 0.537. The van der Waals surface area contributed by atoms with E-state index in [1.807, 2.05) is 0 Å². The highest BCUT2D eigenvalue weighted by atomic mass is 32.2. The van der Waals surface area contributed by atoms with Crippen LogP contribution >= 0.6 is 11.8 Å². The number of hydrogen-bond donors (Lipinski definition) is 1. The van der Waals surface area contributed by atoms with Crippen LogP contribution in [0.4, 0.5) is 5.82 Å². The average molecular weight is 284 g/mol. The Bertz CT molecular complexity index is 792. The number of rotatable bonds is 2. The van der Waals surface area contributed by atoms with Crippen molar-refractivity contribution in [1.29, 1.82) is 0 Å². The highest BCUT2D eigenvalue weighted by Crippen LogP contribution is 2.30. The van der Waals surface area contributed by atoms with Crippen LogP contribution in [-0.2, 0) is 0 Å². The molecule has 0 unspecified atom stereocenters. The largest absolute Gasteiger partial charge is 0.383 e. The van der Waals surface area contributed by atoms with Crippen molar-refractivity contribution in [1.82, 2.24) is 14.5 Å². The molecule has 0 aliphatic carbocycles. The summed E-state index contributed by atoms with van der Waals surface area (Å²) >= 11 is 1.73. The third-order valence-corrected chi connectivity index (χ3v) is 4.36. The van der Waals surface area contributed by atoms with Gasteiger partial charge in [0, 0.05) is 16.3 Å². The molecule has 4 nitrogen and oxygen atoms in total. The van der Waals surface area contributed by atoms with Crippen LogP contribution in [0.1, 0.15) is 11.3 Å². The van der Waals surface area contributed by atoms with Gasteiger partial charge in [0.2, 0.25) is 0 Å². The maximum atomic E-state index is 6.00. The first-order valence-corrected chi connectivity index (χ1v) is 7.58. The molecular weight excluding hydrogens is 268 g/mol. The van der Waals surface area contributed by atoms with Crippen molar-refractivity contribution < 1.29 is 0 Å². The molecule has 3 rings (SSSR count). The Balaban J connectivity index is 2.36. The Morgan fingerprint density at radius 2 is 2.00 bits per heavy atom. The van der Waals surface area contributed by atoms with E-state index >= 15 is 0 Å². The normalized spacial score (nSPS) is 11.2. The van der Waals surface area contributed by atoms with Gasteiger partial charge in [0.15, 0.2) is 5.65 Å². The number of nitrogens with two attached hydrogens (primary N) is 1. The van der Waals surface area contributed by atoms with Crippen molar-refractivity contribution in [3.8, 4) is 5.69 Å². The molecule has 0 spiro atoms. The molecule has 0 saturated carbocycles. The molecule has 0 atom stereocenters. The molecule has 2 N–H and O–H groups in total. The predicted molar refractivity (Wildman–Crippen MR) is 84.5 cm³/mol. The standard InChI is InChI=1S/C15H16N4S/c1-9-10(2)19(11-5-4-6-12(7-11)20-3)15-13(9)14(16)17-8-18-15/h4-8H,1-3H3,(H2,16,17,18). The van der Waals surface area contributed by atoms with Crippen LogP contribution in [0.5, 0.6) is 0 Å². The van der Waals surface area contributed by atoms with Crippen molar-refractivity contribution in [3.63, 3.8) is 0 Å². The van der Waals surface area contributed by atoms with Crippen molar-refractivity contribution >= 4 is 28.6 Å². The number of fused-ring (bicyclic) bond motifs is 1. The predicted octanol–water partition coefficient (Wildman–Crippen LogP) is 3.34. The monoisotopic (exact) mass is 284 g/mol. The van der Waals surface area contributed by atoms with E-state index in [1.165, 1.54) is 11.2 Å². The summed E-state index contributed by atoms with van der Waals surface area (Å²) < 4.78 is 2.14. The zero-order valence-corrected chi connectivity index (χ0v) is 12.5.